The molecule has 1 amide bonds. The number of benzene rings is 1. The molecule has 0 unspecified atom stereocenters. The molecule has 0 heterocycles. The quantitative estimate of drug-likeness (QED) is 0.470. The molecule has 6 nitrogen and oxygen atoms in total. The number of hydrogen-bond donors (Lipinski definition) is 2. The maximum Gasteiger partial charge on any atom is 0.249 e. The van der Waals surface area contributed by atoms with Crippen LogP contribution in [-0.4, -0.2) is 38.7 Å². The highest BCUT2D eigenvalue weighted by atomic mass is 16.5. The third-order valence-electron chi connectivity index (χ3n) is 2.45. The Hall–Kier alpha value is -2.37. The lowest BCUT2D eigenvalue weighted by atomic mass is 10.2. The maximum atomic E-state index is 11.4. The fourth-order valence-electron chi connectivity index (χ4n) is 1.45. The first-order chi connectivity index (χ1) is 9.52. The predicted octanol–water partition coefficient (Wildman–Crippen LogP) is 1.61. The number of hydrogen-bond acceptors (Lipinski definition) is 5. The lowest BCUT2D eigenvalue weighted by Crippen LogP contribution is -2.21. The van der Waals surface area contributed by atoms with Crippen LogP contribution >= 0.6 is 0 Å². The van der Waals surface area contributed by atoms with Gasteiger partial charge < -0.3 is 9.64 Å². The first kappa shape index (κ1) is 15.7. The van der Waals surface area contributed by atoms with Gasteiger partial charge in [0.2, 0.25) is 5.91 Å². The van der Waals surface area contributed by atoms with Crippen LogP contribution in [0.5, 0.6) is 0 Å². The summed E-state index contributed by atoms with van der Waals surface area (Å²) < 4.78 is 4.88. The average Bonchev–Trinajstić information content (AvgIpc) is 2.39. The van der Waals surface area contributed by atoms with Gasteiger partial charge in [0, 0.05) is 19.8 Å². The van der Waals surface area contributed by atoms with Gasteiger partial charge in [-0.2, -0.15) is 5.10 Å². The van der Waals surface area contributed by atoms with Gasteiger partial charge in [-0.05, 0) is 24.6 Å². The summed E-state index contributed by atoms with van der Waals surface area (Å²) in [5.41, 5.74) is 4.34. The van der Waals surface area contributed by atoms with Gasteiger partial charge in [-0.25, -0.2) is 5.43 Å². The fraction of sp³-hybridized carbons (Fsp3) is 0.357. The summed E-state index contributed by atoms with van der Waals surface area (Å²) in [4.78, 5) is 13.4. The van der Waals surface area contributed by atoms with Crippen molar-refractivity contribution in [2.75, 3.05) is 25.6 Å². The molecule has 0 aliphatic carbocycles. The highest BCUT2D eigenvalue weighted by Crippen LogP contribution is 2.10. The summed E-state index contributed by atoms with van der Waals surface area (Å²) in [5.74, 6) is -0.430. The molecule has 0 saturated carbocycles. The van der Waals surface area contributed by atoms with E-state index in [0.29, 0.717) is 6.61 Å². The Kier molecular flexibility index (Phi) is 6.22. The van der Waals surface area contributed by atoms with E-state index in [0.717, 1.165) is 11.3 Å². The average molecular weight is 276 g/mol. The molecule has 20 heavy (non-hydrogen) atoms. The fourth-order valence-corrected chi connectivity index (χ4v) is 1.45. The second kappa shape index (κ2) is 7.93. The third kappa shape index (κ3) is 5.51. The van der Waals surface area contributed by atoms with E-state index in [4.69, 9.17) is 10.1 Å². The molecule has 0 aromatic heterocycles. The van der Waals surface area contributed by atoms with Crippen LogP contribution in [0.15, 0.2) is 29.4 Å². The maximum absolute atomic E-state index is 11.4. The Morgan fingerprint density at radius 1 is 1.40 bits per heavy atom. The number of carbonyl (C=O) groups excluding carboxylic acids is 1. The summed E-state index contributed by atoms with van der Waals surface area (Å²) in [6.07, 6.45) is 1.45. The van der Waals surface area contributed by atoms with Crippen molar-refractivity contribution in [2.45, 2.75) is 13.3 Å². The van der Waals surface area contributed by atoms with Gasteiger partial charge >= 0.3 is 0 Å². The van der Waals surface area contributed by atoms with E-state index in [-0.39, 0.29) is 18.2 Å². The smallest absolute Gasteiger partial charge is 0.249 e. The van der Waals surface area contributed by atoms with Crippen LogP contribution in [0.2, 0.25) is 0 Å². The molecule has 0 spiro atoms. The highest BCUT2D eigenvalue weighted by Gasteiger charge is 2.04. The van der Waals surface area contributed by atoms with E-state index in [1.165, 1.54) is 0 Å². The minimum atomic E-state index is -0.371. The summed E-state index contributed by atoms with van der Waals surface area (Å²) >= 11 is 0. The van der Waals surface area contributed by atoms with Crippen LogP contribution in [0.4, 0.5) is 5.69 Å². The van der Waals surface area contributed by atoms with Crippen molar-refractivity contribution in [3.05, 3.63) is 29.8 Å². The number of anilines is 1. The molecule has 2 N–H and O–H groups in total. The zero-order valence-electron chi connectivity index (χ0n) is 12.0. The number of nitrogens with zero attached hydrogens (tertiary/aromatic N) is 2. The van der Waals surface area contributed by atoms with Crippen molar-refractivity contribution in [3.63, 3.8) is 0 Å². The van der Waals surface area contributed by atoms with Crippen molar-refractivity contribution >= 4 is 23.7 Å². The number of carbonyl (C=O) groups is 1. The van der Waals surface area contributed by atoms with Crippen LogP contribution in [-0.2, 0) is 9.53 Å². The number of amides is 1. The Morgan fingerprint density at radius 3 is 2.60 bits per heavy atom. The van der Waals surface area contributed by atoms with Gasteiger partial charge in [-0.15, -0.1) is 0 Å². The molecule has 0 fully saturated rings. The lowest BCUT2D eigenvalue weighted by Gasteiger charge is -2.11. The third-order valence-corrected chi connectivity index (χ3v) is 2.45. The standard InChI is InChI=1S/C14H20N4O2/c1-4-20-13(15)9-14(19)17-16-10-11-5-7-12(8-6-11)18(2)3/h5-8,10,15H,4,9H2,1-3H3,(H,17,19). The van der Waals surface area contributed by atoms with Gasteiger partial charge in [0.1, 0.15) is 6.42 Å². The van der Waals surface area contributed by atoms with E-state index >= 15 is 0 Å². The van der Waals surface area contributed by atoms with Crippen LogP contribution in [0.3, 0.4) is 0 Å². The lowest BCUT2D eigenvalue weighted by molar-refractivity contribution is -0.120. The largest absolute Gasteiger partial charge is 0.481 e. The van der Waals surface area contributed by atoms with Crippen molar-refractivity contribution in [3.8, 4) is 0 Å². The summed E-state index contributed by atoms with van der Waals surface area (Å²) in [7, 11) is 3.94. The van der Waals surface area contributed by atoms with Gasteiger partial charge in [0.05, 0.1) is 12.8 Å². The molecule has 1 aromatic carbocycles. The van der Waals surface area contributed by atoms with Crippen molar-refractivity contribution in [1.29, 1.82) is 5.41 Å². The molecular weight excluding hydrogens is 256 g/mol. The zero-order chi connectivity index (χ0) is 15.0. The van der Waals surface area contributed by atoms with Gasteiger partial charge in [0.25, 0.3) is 0 Å². The van der Waals surface area contributed by atoms with Crippen LogP contribution in [0.1, 0.15) is 18.9 Å². The van der Waals surface area contributed by atoms with Gasteiger partial charge in [-0.1, -0.05) is 12.1 Å². The molecule has 0 atom stereocenters. The van der Waals surface area contributed by atoms with Crippen LogP contribution in [0.25, 0.3) is 0 Å². The molecule has 0 radical (unpaired) electrons. The van der Waals surface area contributed by atoms with Crippen molar-refractivity contribution in [2.24, 2.45) is 5.10 Å². The number of hydrazone groups is 1. The molecule has 1 rings (SSSR count). The van der Waals surface area contributed by atoms with E-state index in [1.807, 2.05) is 43.3 Å². The molecule has 0 saturated heterocycles. The SMILES string of the molecule is CCOC(=N)CC(=O)NN=Cc1ccc(N(C)C)cc1. The van der Waals surface area contributed by atoms with Crippen molar-refractivity contribution in [1.82, 2.24) is 5.43 Å². The van der Waals surface area contributed by atoms with E-state index in [1.54, 1.807) is 13.1 Å². The number of ether oxygens (including phenoxy) is 1. The summed E-state index contributed by atoms with van der Waals surface area (Å²) in [6, 6.07) is 7.75. The molecular formula is C14H20N4O2. The Labute approximate surface area is 118 Å². The first-order valence-electron chi connectivity index (χ1n) is 6.32. The van der Waals surface area contributed by atoms with Crippen molar-refractivity contribution < 1.29 is 9.53 Å². The monoisotopic (exact) mass is 276 g/mol. The molecule has 108 valence electrons. The summed E-state index contributed by atoms with van der Waals surface area (Å²) in [6.45, 7) is 2.15. The predicted molar refractivity (Wildman–Crippen MR) is 80.5 cm³/mol. The Morgan fingerprint density at radius 2 is 2.05 bits per heavy atom. The van der Waals surface area contributed by atoms with E-state index < -0.39 is 0 Å². The number of nitrogens with one attached hydrogen (secondary N) is 2. The van der Waals surface area contributed by atoms with E-state index in [2.05, 4.69) is 10.5 Å². The molecule has 1 aromatic rings. The second-order valence-electron chi connectivity index (χ2n) is 4.31. The Balaban J connectivity index is 2.44. The molecule has 6 heteroatoms. The number of rotatable bonds is 6. The van der Waals surface area contributed by atoms with Gasteiger partial charge in [0.15, 0.2) is 5.90 Å². The topological polar surface area (TPSA) is 77.8 Å². The highest BCUT2D eigenvalue weighted by molar-refractivity contribution is 5.95. The van der Waals surface area contributed by atoms with Gasteiger partial charge in [-0.3, -0.25) is 10.2 Å². The normalized spacial score (nSPS) is 10.3. The first-order valence-corrected chi connectivity index (χ1v) is 6.32. The Bertz CT molecular complexity index is 480. The van der Waals surface area contributed by atoms with Crippen LogP contribution in [0, 0.1) is 5.41 Å². The van der Waals surface area contributed by atoms with Crippen LogP contribution < -0.4 is 10.3 Å². The van der Waals surface area contributed by atoms with E-state index in [9.17, 15) is 4.79 Å². The molecule has 0 aliphatic rings. The molecule has 0 aliphatic heterocycles. The summed E-state index contributed by atoms with van der Waals surface area (Å²) in [5, 5.41) is 11.2. The minimum Gasteiger partial charge on any atom is -0.481 e. The second-order valence-corrected chi connectivity index (χ2v) is 4.31. The zero-order valence-corrected chi connectivity index (χ0v) is 12.0. The minimum absolute atomic E-state index is 0.0597. The molecule has 0 bridgehead atoms.